The molecule has 0 atom stereocenters. The number of hydrogen-bond donors (Lipinski definition) is 0. The lowest BCUT2D eigenvalue weighted by Crippen LogP contribution is -2.30. The summed E-state index contributed by atoms with van der Waals surface area (Å²) in [4.78, 5) is 0. The normalized spacial score (nSPS) is 18.9. The van der Waals surface area contributed by atoms with Crippen LogP contribution in [-0.4, -0.2) is 11.9 Å². The number of hydrogen-bond acceptors (Lipinski definition) is 1. The fraction of sp³-hybridized carbons (Fsp3) is 0.600. The molecule has 19 heavy (non-hydrogen) atoms. The van der Waals surface area contributed by atoms with Gasteiger partial charge in [0.05, 0.1) is 6.61 Å². The van der Waals surface area contributed by atoms with E-state index in [1.807, 2.05) is 0 Å². The summed E-state index contributed by atoms with van der Waals surface area (Å²) in [5.41, 5.74) is 0.0807. The van der Waals surface area contributed by atoms with Gasteiger partial charge in [-0.25, -0.2) is 8.78 Å². The summed E-state index contributed by atoms with van der Waals surface area (Å²) >= 11 is 3.57. The lowest BCUT2D eigenvalue weighted by Gasteiger charge is -2.30. The Morgan fingerprint density at radius 3 is 2.37 bits per heavy atom. The molecule has 0 saturated heterocycles. The first-order chi connectivity index (χ1) is 9.15. The molecule has 106 valence electrons. The molecule has 1 saturated carbocycles. The van der Waals surface area contributed by atoms with E-state index in [9.17, 15) is 8.78 Å². The average molecular weight is 333 g/mol. The van der Waals surface area contributed by atoms with Gasteiger partial charge < -0.3 is 4.74 Å². The first-order valence-electron chi connectivity index (χ1n) is 6.79. The quantitative estimate of drug-likeness (QED) is 0.552. The Morgan fingerprint density at radius 2 is 1.79 bits per heavy atom. The molecule has 0 aromatic heterocycles. The zero-order valence-corrected chi connectivity index (χ0v) is 12.5. The second kappa shape index (κ2) is 6.69. The van der Waals surface area contributed by atoms with Crippen LogP contribution in [0, 0.1) is 17.0 Å². The van der Waals surface area contributed by atoms with E-state index >= 15 is 0 Å². The van der Waals surface area contributed by atoms with Gasteiger partial charge in [0.25, 0.3) is 0 Å². The van der Waals surface area contributed by atoms with Gasteiger partial charge in [-0.3, -0.25) is 0 Å². The lowest BCUT2D eigenvalue weighted by molar-refractivity contribution is 0.144. The Morgan fingerprint density at radius 1 is 1.11 bits per heavy atom. The molecule has 1 aromatic carbocycles. The highest BCUT2D eigenvalue weighted by atomic mass is 79.9. The minimum Gasteiger partial charge on any atom is -0.490 e. The van der Waals surface area contributed by atoms with E-state index in [-0.39, 0.29) is 11.2 Å². The van der Waals surface area contributed by atoms with Crippen molar-refractivity contribution >= 4 is 15.9 Å². The summed E-state index contributed by atoms with van der Waals surface area (Å²) in [6, 6.07) is 3.46. The Kier molecular flexibility index (Phi) is 5.20. The van der Waals surface area contributed by atoms with Gasteiger partial charge in [0.2, 0.25) is 0 Å². The van der Waals surface area contributed by atoms with E-state index in [4.69, 9.17) is 4.74 Å². The zero-order valence-electron chi connectivity index (χ0n) is 10.9. The molecule has 0 aliphatic heterocycles. The molecule has 1 aromatic rings. The fourth-order valence-corrected chi connectivity index (χ4v) is 3.34. The second-order valence-corrected chi connectivity index (χ2v) is 5.97. The average Bonchev–Trinajstić information content (AvgIpc) is 2.64. The van der Waals surface area contributed by atoms with Gasteiger partial charge in [-0.15, -0.1) is 0 Å². The largest absolute Gasteiger partial charge is 0.490 e. The predicted molar refractivity (Wildman–Crippen MR) is 75.8 cm³/mol. The Balaban J connectivity index is 2.02. The number of halogens is 3. The molecule has 0 N–H and O–H groups in total. The van der Waals surface area contributed by atoms with Gasteiger partial charge in [-0.2, -0.15) is 0 Å². The van der Waals surface area contributed by atoms with Crippen LogP contribution < -0.4 is 4.74 Å². The minimum absolute atomic E-state index is 0.0807. The molecule has 0 radical (unpaired) electrons. The third-order valence-electron chi connectivity index (χ3n) is 3.88. The van der Waals surface area contributed by atoms with Crippen LogP contribution in [0.25, 0.3) is 0 Å². The molecule has 1 fully saturated rings. The first kappa shape index (κ1) is 14.8. The third kappa shape index (κ3) is 3.91. The molecule has 0 heterocycles. The molecular weight excluding hydrogens is 314 g/mol. The van der Waals surface area contributed by atoms with Gasteiger partial charge in [-0.05, 0) is 25.0 Å². The van der Waals surface area contributed by atoms with Crippen molar-refractivity contribution in [2.45, 2.75) is 38.5 Å². The van der Waals surface area contributed by atoms with Crippen molar-refractivity contribution in [3.05, 3.63) is 29.8 Å². The predicted octanol–water partition coefficient (Wildman–Crippen LogP) is 5.08. The standard InChI is InChI=1S/C15H19BrF2O/c16-10-15(7-3-1-2-4-8-15)11-19-14-6-5-12(17)9-13(14)18/h5-6,9H,1-4,7-8,10-11H2. The Bertz CT molecular complexity index is 415. The van der Waals surface area contributed by atoms with Crippen LogP contribution in [0.4, 0.5) is 8.78 Å². The van der Waals surface area contributed by atoms with Crippen molar-refractivity contribution in [3.8, 4) is 5.75 Å². The SMILES string of the molecule is Fc1ccc(OCC2(CBr)CCCCCC2)c(F)c1. The monoisotopic (exact) mass is 332 g/mol. The van der Waals surface area contributed by atoms with E-state index in [1.165, 1.54) is 37.8 Å². The van der Waals surface area contributed by atoms with E-state index in [0.29, 0.717) is 6.61 Å². The summed E-state index contributed by atoms with van der Waals surface area (Å²) in [5.74, 6) is -1.06. The highest BCUT2D eigenvalue weighted by Gasteiger charge is 2.31. The smallest absolute Gasteiger partial charge is 0.167 e. The maximum Gasteiger partial charge on any atom is 0.167 e. The van der Waals surface area contributed by atoms with Crippen LogP contribution >= 0.6 is 15.9 Å². The highest BCUT2D eigenvalue weighted by Crippen LogP contribution is 2.37. The lowest BCUT2D eigenvalue weighted by atomic mass is 9.83. The van der Waals surface area contributed by atoms with E-state index in [0.717, 1.165) is 24.2 Å². The van der Waals surface area contributed by atoms with Crippen molar-refractivity contribution in [1.82, 2.24) is 0 Å². The third-order valence-corrected chi connectivity index (χ3v) is 5.06. The summed E-state index contributed by atoms with van der Waals surface area (Å²) < 4.78 is 32.0. The number of alkyl halides is 1. The van der Waals surface area contributed by atoms with E-state index in [1.54, 1.807) is 0 Å². The molecule has 2 rings (SSSR count). The summed E-state index contributed by atoms with van der Waals surface area (Å²) in [6.45, 7) is 0.487. The minimum atomic E-state index is -0.627. The van der Waals surface area contributed by atoms with Crippen LogP contribution in [-0.2, 0) is 0 Å². The maximum atomic E-state index is 13.5. The molecular formula is C15H19BrF2O. The Hall–Kier alpha value is -0.640. The zero-order chi connectivity index (χ0) is 13.7. The molecule has 0 spiro atoms. The van der Waals surface area contributed by atoms with Crippen LogP contribution in [0.2, 0.25) is 0 Å². The molecule has 4 heteroatoms. The van der Waals surface area contributed by atoms with Gasteiger partial charge in [0, 0.05) is 16.8 Å². The maximum absolute atomic E-state index is 13.5. The van der Waals surface area contributed by atoms with Crippen LogP contribution in [0.15, 0.2) is 18.2 Å². The van der Waals surface area contributed by atoms with Crippen molar-refractivity contribution in [2.24, 2.45) is 5.41 Å². The molecule has 1 aliphatic rings. The molecule has 1 aliphatic carbocycles. The van der Waals surface area contributed by atoms with Crippen LogP contribution in [0.1, 0.15) is 38.5 Å². The fourth-order valence-electron chi connectivity index (χ4n) is 2.62. The molecule has 0 unspecified atom stereocenters. The Labute approximate surface area is 121 Å². The van der Waals surface area contributed by atoms with Crippen LogP contribution in [0.3, 0.4) is 0 Å². The van der Waals surface area contributed by atoms with E-state index in [2.05, 4.69) is 15.9 Å². The summed E-state index contributed by atoms with van der Waals surface area (Å²) in [6.07, 6.45) is 7.11. The number of rotatable bonds is 4. The molecule has 0 bridgehead atoms. The van der Waals surface area contributed by atoms with Gasteiger partial charge >= 0.3 is 0 Å². The van der Waals surface area contributed by atoms with Gasteiger partial charge in [0.1, 0.15) is 5.82 Å². The topological polar surface area (TPSA) is 9.23 Å². The number of benzene rings is 1. The summed E-state index contributed by atoms with van der Waals surface area (Å²) in [7, 11) is 0. The van der Waals surface area contributed by atoms with Gasteiger partial charge in [0.15, 0.2) is 11.6 Å². The number of ether oxygens (including phenoxy) is 1. The van der Waals surface area contributed by atoms with E-state index < -0.39 is 11.6 Å². The van der Waals surface area contributed by atoms with Gasteiger partial charge in [-0.1, -0.05) is 41.6 Å². The highest BCUT2D eigenvalue weighted by molar-refractivity contribution is 9.09. The molecule has 1 nitrogen and oxygen atoms in total. The van der Waals surface area contributed by atoms with Crippen molar-refractivity contribution in [3.63, 3.8) is 0 Å². The summed E-state index contributed by atoms with van der Waals surface area (Å²) in [5, 5.41) is 0.864. The first-order valence-corrected chi connectivity index (χ1v) is 7.91. The van der Waals surface area contributed by atoms with Crippen molar-refractivity contribution < 1.29 is 13.5 Å². The van der Waals surface area contributed by atoms with Crippen LogP contribution in [0.5, 0.6) is 5.75 Å². The second-order valence-electron chi connectivity index (χ2n) is 5.41. The van der Waals surface area contributed by atoms with Crippen molar-refractivity contribution in [1.29, 1.82) is 0 Å². The van der Waals surface area contributed by atoms with Crippen molar-refractivity contribution in [2.75, 3.05) is 11.9 Å². The molecule has 0 amide bonds.